The van der Waals surface area contributed by atoms with Crippen molar-refractivity contribution in [2.24, 2.45) is 0 Å². The van der Waals surface area contributed by atoms with Gasteiger partial charge in [-0.15, -0.1) is 0 Å². The Morgan fingerprint density at radius 2 is 1.93 bits per heavy atom. The third kappa shape index (κ3) is 4.52. The fourth-order valence-electron chi connectivity index (χ4n) is 2.83. The molecule has 0 radical (unpaired) electrons. The number of carbonyl (C=O) groups is 1. The summed E-state index contributed by atoms with van der Waals surface area (Å²) in [7, 11) is 0. The Morgan fingerprint density at radius 1 is 1.26 bits per heavy atom. The van der Waals surface area contributed by atoms with Gasteiger partial charge in [-0.25, -0.2) is 23.2 Å². The molecule has 146 valence electrons. The fraction of sp³-hybridized carbons (Fsp3) is 0.438. The number of carboxylic acids is 1. The van der Waals surface area contributed by atoms with E-state index in [1.54, 1.807) is 0 Å². The zero-order valence-corrected chi connectivity index (χ0v) is 13.8. The Labute approximate surface area is 150 Å². The summed E-state index contributed by atoms with van der Waals surface area (Å²) in [4.78, 5) is 15.4. The molecule has 0 aliphatic heterocycles. The Morgan fingerprint density at radius 3 is 2.48 bits per heavy atom. The van der Waals surface area contributed by atoms with Gasteiger partial charge in [0.05, 0.1) is 5.56 Å². The van der Waals surface area contributed by atoms with Crippen LogP contribution in [0.25, 0.3) is 5.82 Å². The van der Waals surface area contributed by atoms with E-state index in [1.165, 1.54) is 6.07 Å². The molecule has 2 aromatic heterocycles. The Kier molecular flexibility index (Phi) is 4.79. The summed E-state index contributed by atoms with van der Waals surface area (Å²) in [5.41, 5.74) is -1.36. The van der Waals surface area contributed by atoms with Crippen molar-refractivity contribution in [3.8, 4) is 5.82 Å². The molecule has 0 unspecified atom stereocenters. The van der Waals surface area contributed by atoms with Crippen LogP contribution in [0, 0.1) is 0 Å². The lowest BCUT2D eigenvalue weighted by Crippen LogP contribution is -2.32. The molecule has 2 heterocycles. The summed E-state index contributed by atoms with van der Waals surface area (Å²) in [5, 5.41) is 15.5. The summed E-state index contributed by atoms with van der Waals surface area (Å²) in [6, 6.07) is 2.69. The van der Waals surface area contributed by atoms with E-state index in [1.807, 2.05) is 0 Å². The number of nitrogens with zero attached hydrogens (tertiary/aromatic N) is 3. The second-order valence-corrected chi connectivity index (χ2v) is 6.32. The van der Waals surface area contributed by atoms with E-state index in [0.29, 0.717) is 0 Å². The molecule has 0 spiro atoms. The molecule has 1 aliphatic carbocycles. The standard InChI is InChI=1S/C16H15F5N4O2/c17-15(18)4-1-10(2-5-15)22-12-7-9(14(26)27)8-13(23-12)25-6-3-11(24-25)16(19,20)21/h3,6-8,10H,1-2,4-5H2,(H,22,23)(H,26,27). The minimum atomic E-state index is -4.65. The lowest BCUT2D eigenvalue weighted by Gasteiger charge is -2.29. The lowest BCUT2D eigenvalue weighted by atomic mass is 9.92. The maximum absolute atomic E-state index is 13.2. The van der Waals surface area contributed by atoms with Gasteiger partial charge in [-0.1, -0.05) is 0 Å². The van der Waals surface area contributed by atoms with Crippen LogP contribution in [0.15, 0.2) is 24.4 Å². The highest BCUT2D eigenvalue weighted by molar-refractivity contribution is 5.89. The van der Waals surface area contributed by atoms with Crippen molar-refractivity contribution in [2.45, 2.75) is 43.8 Å². The normalized spacial score (nSPS) is 17.7. The van der Waals surface area contributed by atoms with E-state index < -0.39 is 23.8 Å². The quantitative estimate of drug-likeness (QED) is 0.773. The van der Waals surface area contributed by atoms with Gasteiger partial charge >= 0.3 is 12.1 Å². The number of aromatic nitrogens is 3. The maximum Gasteiger partial charge on any atom is 0.435 e. The van der Waals surface area contributed by atoms with E-state index in [0.717, 1.165) is 23.0 Å². The van der Waals surface area contributed by atoms with Crippen LogP contribution in [0.1, 0.15) is 41.7 Å². The highest BCUT2D eigenvalue weighted by Crippen LogP contribution is 2.34. The SMILES string of the molecule is O=C(O)c1cc(NC2CCC(F)(F)CC2)nc(-n2ccc(C(F)(F)F)n2)c1. The van der Waals surface area contributed by atoms with E-state index in [9.17, 15) is 31.9 Å². The Balaban J connectivity index is 1.87. The molecule has 0 aromatic carbocycles. The van der Waals surface area contributed by atoms with Gasteiger partial charge in [0, 0.05) is 25.1 Å². The zero-order valence-electron chi connectivity index (χ0n) is 13.8. The number of alkyl halides is 5. The molecule has 1 saturated carbocycles. The van der Waals surface area contributed by atoms with Crippen molar-refractivity contribution in [1.29, 1.82) is 0 Å². The first-order valence-electron chi connectivity index (χ1n) is 8.06. The largest absolute Gasteiger partial charge is 0.478 e. The lowest BCUT2D eigenvalue weighted by molar-refractivity contribution is -0.141. The third-order valence-electron chi connectivity index (χ3n) is 4.24. The molecule has 3 rings (SSSR count). The number of hydrogen-bond acceptors (Lipinski definition) is 4. The molecule has 6 nitrogen and oxygen atoms in total. The van der Waals surface area contributed by atoms with Gasteiger partial charge in [0.2, 0.25) is 5.92 Å². The first kappa shape index (κ1) is 19.1. The van der Waals surface area contributed by atoms with Crippen LogP contribution in [0.5, 0.6) is 0 Å². The summed E-state index contributed by atoms with van der Waals surface area (Å²) < 4.78 is 65.4. The number of pyridine rings is 1. The van der Waals surface area contributed by atoms with Gasteiger partial charge in [0.25, 0.3) is 0 Å². The highest BCUT2D eigenvalue weighted by Gasteiger charge is 2.35. The van der Waals surface area contributed by atoms with E-state index >= 15 is 0 Å². The van der Waals surface area contributed by atoms with Crippen molar-refractivity contribution in [3.05, 3.63) is 35.7 Å². The number of aromatic carboxylic acids is 1. The zero-order chi connectivity index (χ0) is 19.8. The van der Waals surface area contributed by atoms with Gasteiger partial charge < -0.3 is 10.4 Å². The van der Waals surface area contributed by atoms with E-state index in [-0.39, 0.29) is 48.9 Å². The van der Waals surface area contributed by atoms with E-state index in [4.69, 9.17) is 0 Å². The van der Waals surface area contributed by atoms with Crippen LogP contribution in [-0.2, 0) is 6.18 Å². The minimum absolute atomic E-state index is 0.0733. The maximum atomic E-state index is 13.2. The Hall–Kier alpha value is -2.72. The number of nitrogens with one attached hydrogen (secondary N) is 1. The van der Waals surface area contributed by atoms with Crippen LogP contribution in [0.2, 0.25) is 0 Å². The summed E-state index contributed by atoms with van der Waals surface area (Å²) in [5.74, 6) is -4.08. The molecule has 2 aromatic rings. The smallest absolute Gasteiger partial charge is 0.435 e. The molecule has 1 fully saturated rings. The predicted molar refractivity (Wildman–Crippen MR) is 84.1 cm³/mol. The monoisotopic (exact) mass is 390 g/mol. The van der Waals surface area contributed by atoms with Gasteiger partial charge in [-0.2, -0.15) is 18.3 Å². The molecule has 0 amide bonds. The number of hydrogen-bond donors (Lipinski definition) is 2. The third-order valence-corrected chi connectivity index (χ3v) is 4.24. The number of halogens is 5. The van der Waals surface area contributed by atoms with Crippen LogP contribution in [-0.4, -0.2) is 37.8 Å². The first-order chi connectivity index (χ1) is 12.5. The molecule has 0 bridgehead atoms. The number of anilines is 1. The van der Waals surface area contributed by atoms with Crippen LogP contribution in [0.4, 0.5) is 27.8 Å². The summed E-state index contributed by atoms with van der Waals surface area (Å²) in [6.07, 6.45) is -3.90. The van der Waals surface area contributed by atoms with Crippen molar-refractivity contribution in [1.82, 2.24) is 14.8 Å². The molecule has 27 heavy (non-hydrogen) atoms. The Bertz CT molecular complexity index is 840. The molecule has 2 N–H and O–H groups in total. The van der Waals surface area contributed by atoms with Gasteiger partial charge in [0.1, 0.15) is 5.82 Å². The van der Waals surface area contributed by atoms with Crippen LogP contribution in [0.3, 0.4) is 0 Å². The van der Waals surface area contributed by atoms with Crippen LogP contribution >= 0.6 is 0 Å². The minimum Gasteiger partial charge on any atom is -0.478 e. The second-order valence-electron chi connectivity index (χ2n) is 6.32. The molecule has 0 saturated heterocycles. The second kappa shape index (κ2) is 6.78. The topological polar surface area (TPSA) is 80.0 Å². The first-order valence-corrected chi connectivity index (χ1v) is 8.06. The number of rotatable bonds is 4. The molecular formula is C16H15F5N4O2. The van der Waals surface area contributed by atoms with Crippen molar-refractivity contribution < 1.29 is 31.9 Å². The molecule has 0 atom stereocenters. The van der Waals surface area contributed by atoms with Gasteiger partial charge in [-0.3, -0.25) is 0 Å². The highest BCUT2D eigenvalue weighted by atomic mass is 19.4. The van der Waals surface area contributed by atoms with E-state index in [2.05, 4.69) is 15.4 Å². The van der Waals surface area contributed by atoms with Crippen LogP contribution < -0.4 is 5.32 Å². The average Bonchev–Trinajstić information content (AvgIpc) is 3.07. The average molecular weight is 390 g/mol. The van der Waals surface area contributed by atoms with Crippen molar-refractivity contribution in [3.63, 3.8) is 0 Å². The summed E-state index contributed by atoms with van der Waals surface area (Å²) in [6.45, 7) is 0. The van der Waals surface area contributed by atoms with Crippen molar-refractivity contribution in [2.75, 3.05) is 5.32 Å². The van der Waals surface area contributed by atoms with Gasteiger partial charge in [-0.05, 0) is 31.0 Å². The molecule has 1 aliphatic rings. The fourth-order valence-corrected chi connectivity index (χ4v) is 2.83. The molecular weight excluding hydrogens is 375 g/mol. The summed E-state index contributed by atoms with van der Waals surface area (Å²) >= 11 is 0. The van der Waals surface area contributed by atoms with Crippen molar-refractivity contribution >= 4 is 11.8 Å². The number of carboxylic acid groups (broad SMARTS) is 1. The molecule has 11 heteroatoms. The predicted octanol–water partition coefficient (Wildman–Crippen LogP) is 3.97. The van der Waals surface area contributed by atoms with Gasteiger partial charge in [0.15, 0.2) is 11.5 Å².